The summed E-state index contributed by atoms with van der Waals surface area (Å²) in [4.78, 5) is 24.1. The Morgan fingerprint density at radius 1 is 1.11 bits per heavy atom. The highest BCUT2D eigenvalue weighted by Gasteiger charge is 2.16. The largest absolute Gasteiger partial charge is 0.462 e. The Morgan fingerprint density at radius 2 is 1.82 bits per heavy atom. The van der Waals surface area contributed by atoms with Crippen LogP contribution in [0, 0.1) is 6.92 Å². The Balaban J connectivity index is 1.89. The van der Waals surface area contributed by atoms with E-state index in [9.17, 15) is 9.59 Å². The Hall–Kier alpha value is -2.67. The first-order valence-electron chi connectivity index (χ1n) is 9.76. The molecule has 28 heavy (non-hydrogen) atoms. The van der Waals surface area contributed by atoms with Gasteiger partial charge in [0.25, 0.3) is 5.91 Å². The van der Waals surface area contributed by atoms with Gasteiger partial charge in [0.15, 0.2) is 0 Å². The van der Waals surface area contributed by atoms with Crippen molar-refractivity contribution in [3.05, 3.63) is 47.3 Å². The van der Waals surface area contributed by atoms with E-state index in [0.29, 0.717) is 36.6 Å². The van der Waals surface area contributed by atoms with Gasteiger partial charge in [0.1, 0.15) is 5.56 Å². The monoisotopic (exact) mass is 387 g/mol. The highest BCUT2D eigenvalue weighted by Crippen LogP contribution is 2.16. The molecule has 7 heteroatoms. The van der Waals surface area contributed by atoms with Gasteiger partial charge in [-0.2, -0.15) is 5.10 Å². The normalized spacial score (nSPS) is 10.7. The number of carbonyl (C=O) groups excluding carboxylic acids is 2. The summed E-state index contributed by atoms with van der Waals surface area (Å²) < 4.78 is 12.2. The standard InChI is InChI=1S/C21H29N3O4/c1-4-6-13-27-14-7-12-22-20(25)17-8-10-18(11-9-17)24-16(3)19(15-23-24)21(26)28-5-2/h8-11,15H,4-7,12-14H2,1-3H3,(H,22,25). The van der Waals surface area contributed by atoms with E-state index in [-0.39, 0.29) is 11.9 Å². The van der Waals surface area contributed by atoms with Gasteiger partial charge in [-0.05, 0) is 51.0 Å². The Kier molecular flexibility index (Phi) is 8.68. The molecule has 2 aromatic rings. The molecule has 2 rings (SSSR count). The van der Waals surface area contributed by atoms with Crippen molar-refractivity contribution in [3.63, 3.8) is 0 Å². The van der Waals surface area contributed by atoms with Crippen molar-refractivity contribution in [2.45, 2.75) is 40.0 Å². The van der Waals surface area contributed by atoms with Crippen molar-refractivity contribution in [1.29, 1.82) is 0 Å². The third-order valence-corrected chi connectivity index (χ3v) is 4.27. The van der Waals surface area contributed by atoms with Crippen molar-refractivity contribution >= 4 is 11.9 Å². The van der Waals surface area contributed by atoms with Crippen molar-refractivity contribution in [2.24, 2.45) is 0 Å². The van der Waals surface area contributed by atoms with Crippen molar-refractivity contribution in [1.82, 2.24) is 15.1 Å². The second kappa shape index (κ2) is 11.2. The second-order valence-corrected chi connectivity index (χ2v) is 6.40. The molecular formula is C21H29N3O4. The zero-order chi connectivity index (χ0) is 20.4. The van der Waals surface area contributed by atoms with E-state index < -0.39 is 0 Å². The molecule has 1 aromatic heterocycles. The number of ether oxygens (including phenoxy) is 2. The molecule has 152 valence electrons. The summed E-state index contributed by atoms with van der Waals surface area (Å²) >= 11 is 0. The number of nitrogens with one attached hydrogen (secondary N) is 1. The zero-order valence-electron chi connectivity index (χ0n) is 16.9. The molecule has 0 spiro atoms. The first-order valence-corrected chi connectivity index (χ1v) is 9.76. The maximum atomic E-state index is 12.2. The molecule has 0 aliphatic heterocycles. The van der Waals surface area contributed by atoms with Gasteiger partial charge >= 0.3 is 5.97 Å². The van der Waals surface area contributed by atoms with Crippen LogP contribution in [0.25, 0.3) is 5.69 Å². The molecule has 0 aliphatic carbocycles. The smallest absolute Gasteiger partial charge is 0.341 e. The number of hydrogen-bond acceptors (Lipinski definition) is 5. The SMILES string of the molecule is CCCCOCCCNC(=O)c1ccc(-n2ncc(C(=O)OCC)c2C)cc1. The number of hydrogen-bond donors (Lipinski definition) is 1. The molecule has 0 unspecified atom stereocenters. The molecule has 1 aromatic carbocycles. The number of unbranched alkanes of at least 4 members (excludes halogenated alkanes) is 1. The summed E-state index contributed by atoms with van der Waals surface area (Å²) in [6, 6.07) is 7.09. The number of rotatable bonds is 11. The van der Waals surface area contributed by atoms with Crippen LogP contribution in [-0.4, -0.2) is 48.0 Å². The lowest BCUT2D eigenvalue weighted by Gasteiger charge is -2.08. The molecule has 0 radical (unpaired) electrons. The lowest BCUT2D eigenvalue weighted by molar-refractivity contribution is 0.0525. The molecule has 1 amide bonds. The fourth-order valence-corrected chi connectivity index (χ4v) is 2.66. The molecular weight excluding hydrogens is 358 g/mol. The second-order valence-electron chi connectivity index (χ2n) is 6.40. The average Bonchev–Trinajstić information content (AvgIpc) is 3.09. The number of amides is 1. The Bertz CT molecular complexity index is 768. The van der Waals surface area contributed by atoms with E-state index >= 15 is 0 Å². The summed E-state index contributed by atoms with van der Waals surface area (Å²) in [5, 5.41) is 7.15. The van der Waals surface area contributed by atoms with Crippen LogP contribution >= 0.6 is 0 Å². The van der Waals surface area contributed by atoms with Crippen LogP contribution in [0.3, 0.4) is 0 Å². The molecule has 0 saturated heterocycles. The van der Waals surface area contributed by atoms with E-state index in [1.165, 1.54) is 6.20 Å². The molecule has 0 saturated carbocycles. The van der Waals surface area contributed by atoms with E-state index in [4.69, 9.17) is 9.47 Å². The molecule has 0 bridgehead atoms. The summed E-state index contributed by atoms with van der Waals surface area (Å²) in [5.41, 5.74) is 2.48. The number of aromatic nitrogens is 2. The highest BCUT2D eigenvalue weighted by molar-refractivity contribution is 5.94. The Labute approximate surface area is 166 Å². The number of nitrogens with zero attached hydrogens (tertiary/aromatic N) is 2. The maximum absolute atomic E-state index is 12.2. The molecule has 1 N–H and O–H groups in total. The van der Waals surface area contributed by atoms with E-state index in [1.807, 2.05) is 6.92 Å². The third kappa shape index (κ3) is 5.92. The fourth-order valence-electron chi connectivity index (χ4n) is 2.66. The van der Waals surface area contributed by atoms with Crippen LogP contribution in [0.5, 0.6) is 0 Å². The average molecular weight is 387 g/mol. The van der Waals surface area contributed by atoms with Gasteiger partial charge in [-0.15, -0.1) is 0 Å². The summed E-state index contributed by atoms with van der Waals surface area (Å²) in [6.45, 7) is 8.02. The third-order valence-electron chi connectivity index (χ3n) is 4.27. The van der Waals surface area contributed by atoms with Crippen LogP contribution in [-0.2, 0) is 9.47 Å². The zero-order valence-corrected chi connectivity index (χ0v) is 16.9. The van der Waals surface area contributed by atoms with Gasteiger partial charge in [0.05, 0.1) is 24.2 Å². The van der Waals surface area contributed by atoms with Crippen LogP contribution < -0.4 is 5.32 Å². The molecule has 7 nitrogen and oxygen atoms in total. The van der Waals surface area contributed by atoms with Gasteiger partial charge in [-0.1, -0.05) is 13.3 Å². The predicted octanol–water partition coefficient (Wildman–Crippen LogP) is 3.29. The van der Waals surface area contributed by atoms with E-state index in [1.54, 1.807) is 35.9 Å². The summed E-state index contributed by atoms with van der Waals surface area (Å²) in [5.74, 6) is -0.509. The first-order chi connectivity index (χ1) is 13.6. The van der Waals surface area contributed by atoms with Crippen LogP contribution in [0.15, 0.2) is 30.5 Å². The lowest BCUT2D eigenvalue weighted by Crippen LogP contribution is -2.25. The Morgan fingerprint density at radius 3 is 2.50 bits per heavy atom. The minimum absolute atomic E-state index is 0.121. The molecule has 0 aliphatic rings. The summed E-state index contributed by atoms with van der Waals surface area (Å²) in [7, 11) is 0. The van der Waals surface area contributed by atoms with Gasteiger partial charge < -0.3 is 14.8 Å². The minimum atomic E-state index is -0.388. The summed E-state index contributed by atoms with van der Waals surface area (Å²) in [6.07, 6.45) is 4.47. The lowest BCUT2D eigenvalue weighted by atomic mass is 10.2. The quantitative estimate of drug-likeness (QED) is 0.473. The number of carbonyl (C=O) groups is 2. The maximum Gasteiger partial charge on any atom is 0.341 e. The van der Waals surface area contributed by atoms with Gasteiger partial charge in [0.2, 0.25) is 0 Å². The van der Waals surface area contributed by atoms with Gasteiger partial charge in [-0.3, -0.25) is 4.79 Å². The van der Waals surface area contributed by atoms with Gasteiger partial charge in [-0.25, -0.2) is 9.48 Å². The van der Waals surface area contributed by atoms with Crippen molar-refractivity contribution < 1.29 is 19.1 Å². The number of esters is 1. The van der Waals surface area contributed by atoms with Gasteiger partial charge in [0, 0.05) is 25.3 Å². The minimum Gasteiger partial charge on any atom is -0.462 e. The van der Waals surface area contributed by atoms with E-state index in [2.05, 4.69) is 17.3 Å². The number of benzene rings is 1. The highest BCUT2D eigenvalue weighted by atomic mass is 16.5. The predicted molar refractivity (Wildman–Crippen MR) is 107 cm³/mol. The molecule has 0 atom stereocenters. The van der Waals surface area contributed by atoms with Crippen molar-refractivity contribution in [2.75, 3.05) is 26.4 Å². The first kappa shape index (κ1) is 21.6. The topological polar surface area (TPSA) is 82.5 Å². The molecule has 1 heterocycles. The van der Waals surface area contributed by atoms with Crippen LogP contribution in [0.2, 0.25) is 0 Å². The van der Waals surface area contributed by atoms with Crippen LogP contribution in [0.4, 0.5) is 0 Å². The van der Waals surface area contributed by atoms with E-state index in [0.717, 1.165) is 31.6 Å². The fraction of sp³-hybridized carbons (Fsp3) is 0.476. The van der Waals surface area contributed by atoms with Crippen LogP contribution in [0.1, 0.15) is 59.5 Å². The van der Waals surface area contributed by atoms with Crippen molar-refractivity contribution in [3.8, 4) is 5.69 Å². The molecule has 0 fully saturated rings.